The van der Waals surface area contributed by atoms with E-state index in [9.17, 15) is 19.3 Å². The van der Waals surface area contributed by atoms with Gasteiger partial charge in [0.25, 0.3) is 5.69 Å². The van der Waals surface area contributed by atoms with Crippen molar-refractivity contribution in [3.8, 4) is 0 Å². The molecule has 0 bridgehead atoms. The Bertz CT molecular complexity index is 754. The van der Waals surface area contributed by atoms with Gasteiger partial charge in [-0.15, -0.1) is 0 Å². The Hall–Kier alpha value is -2.48. The molecule has 0 fully saturated rings. The van der Waals surface area contributed by atoms with Gasteiger partial charge in [-0.05, 0) is 18.6 Å². The lowest BCUT2D eigenvalue weighted by Gasteiger charge is -2.07. The van der Waals surface area contributed by atoms with E-state index in [0.717, 1.165) is 12.1 Å². The van der Waals surface area contributed by atoms with Crippen LogP contribution in [0.4, 0.5) is 10.1 Å². The van der Waals surface area contributed by atoms with Crippen molar-refractivity contribution in [3.05, 3.63) is 39.3 Å². The molecular formula is C13H14FN3O4. The largest absolute Gasteiger partial charge is 0.480 e. The van der Waals surface area contributed by atoms with Crippen LogP contribution in [-0.2, 0) is 18.3 Å². The second kappa shape index (κ2) is 5.13. The Morgan fingerprint density at radius 1 is 1.57 bits per heavy atom. The van der Waals surface area contributed by atoms with E-state index in [0.29, 0.717) is 11.3 Å². The number of carboxylic acid groups (broad SMARTS) is 1. The van der Waals surface area contributed by atoms with Crippen LogP contribution in [0.1, 0.15) is 11.3 Å². The minimum absolute atomic E-state index is 0.0780. The topological polar surface area (TPSA) is 111 Å². The lowest BCUT2D eigenvalue weighted by atomic mass is 10.0. The van der Waals surface area contributed by atoms with Gasteiger partial charge in [0.2, 0.25) is 0 Å². The summed E-state index contributed by atoms with van der Waals surface area (Å²) in [6, 6.07) is 0.894. The van der Waals surface area contributed by atoms with E-state index in [1.165, 1.54) is 4.57 Å². The van der Waals surface area contributed by atoms with E-state index in [-0.39, 0.29) is 23.0 Å². The lowest BCUT2D eigenvalue weighted by Crippen LogP contribution is -2.32. The van der Waals surface area contributed by atoms with E-state index in [2.05, 4.69) is 0 Å². The van der Waals surface area contributed by atoms with Crippen LogP contribution in [0.25, 0.3) is 10.9 Å². The minimum atomic E-state index is -1.22. The van der Waals surface area contributed by atoms with Crippen molar-refractivity contribution >= 4 is 22.6 Å². The maximum atomic E-state index is 14.0. The first-order valence-corrected chi connectivity index (χ1v) is 6.14. The zero-order valence-electron chi connectivity index (χ0n) is 11.5. The second-order valence-corrected chi connectivity index (χ2v) is 4.82. The van der Waals surface area contributed by atoms with E-state index in [4.69, 9.17) is 10.8 Å². The number of nitrogens with zero attached hydrogens (tertiary/aromatic N) is 2. The molecule has 0 amide bonds. The first kappa shape index (κ1) is 14.9. The van der Waals surface area contributed by atoms with E-state index < -0.39 is 22.8 Å². The Labute approximate surface area is 118 Å². The number of halogens is 1. The van der Waals surface area contributed by atoms with Crippen LogP contribution >= 0.6 is 0 Å². The summed E-state index contributed by atoms with van der Waals surface area (Å²) in [5.41, 5.74) is 6.26. The number of hydrogen-bond acceptors (Lipinski definition) is 4. The van der Waals surface area contributed by atoms with E-state index in [1.54, 1.807) is 14.0 Å². The number of carbonyl (C=O) groups is 1. The fourth-order valence-corrected chi connectivity index (χ4v) is 2.44. The molecule has 112 valence electrons. The highest BCUT2D eigenvalue weighted by molar-refractivity contribution is 5.94. The molecule has 7 nitrogen and oxygen atoms in total. The molecule has 0 aliphatic carbocycles. The monoisotopic (exact) mass is 295 g/mol. The van der Waals surface area contributed by atoms with Gasteiger partial charge in [-0.2, -0.15) is 0 Å². The van der Waals surface area contributed by atoms with Crippen LogP contribution in [0.5, 0.6) is 0 Å². The van der Waals surface area contributed by atoms with Gasteiger partial charge >= 0.3 is 5.97 Å². The van der Waals surface area contributed by atoms with Gasteiger partial charge in [0.05, 0.1) is 15.8 Å². The smallest absolute Gasteiger partial charge is 0.320 e. The molecule has 0 aliphatic heterocycles. The minimum Gasteiger partial charge on any atom is -0.480 e. The number of rotatable bonds is 4. The maximum Gasteiger partial charge on any atom is 0.320 e. The van der Waals surface area contributed by atoms with Crippen molar-refractivity contribution in [1.82, 2.24) is 4.57 Å². The van der Waals surface area contributed by atoms with Crippen molar-refractivity contribution in [2.24, 2.45) is 12.8 Å². The summed E-state index contributed by atoms with van der Waals surface area (Å²) >= 11 is 0. The number of aliphatic carboxylic acids is 1. The van der Waals surface area contributed by atoms with E-state index >= 15 is 0 Å². The van der Waals surface area contributed by atoms with Crippen LogP contribution in [0.2, 0.25) is 0 Å². The van der Waals surface area contributed by atoms with Crippen LogP contribution in [0.3, 0.4) is 0 Å². The van der Waals surface area contributed by atoms with Gasteiger partial charge < -0.3 is 15.4 Å². The molecule has 0 spiro atoms. The van der Waals surface area contributed by atoms with Gasteiger partial charge in [-0.25, -0.2) is 4.39 Å². The predicted molar refractivity (Wildman–Crippen MR) is 73.6 cm³/mol. The summed E-state index contributed by atoms with van der Waals surface area (Å²) in [6.07, 6.45) is -0.108. The number of nitrogens with two attached hydrogens (primary N) is 1. The molecule has 1 heterocycles. The van der Waals surface area contributed by atoms with Gasteiger partial charge in [-0.1, -0.05) is 0 Å². The highest BCUT2D eigenvalue weighted by atomic mass is 19.1. The third kappa shape index (κ3) is 2.33. The summed E-state index contributed by atoms with van der Waals surface area (Å²) in [7, 11) is 1.57. The number of nitro groups is 1. The lowest BCUT2D eigenvalue weighted by molar-refractivity contribution is -0.383. The van der Waals surface area contributed by atoms with Crippen molar-refractivity contribution in [1.29, 1.82) is 0 Å². The number of aromatic nitrogens is 1. The molecule has 3 N–H and O–H groups in total. The van der Waals surface area contributed by atoms with Gasteiger partial charge in [0.15, 0.2) is 0 Å². The van der Waals surface area contributed by atoms with Crippen molar-refractivity contribution < 1.29 is 19.2 Å². The van der Waals surface area contributed by atoms with Gasteiger partial charge in [0, 0.05) is 25.2 Å². The van der Waals surface area contributed by atoms with Crippen LogP contribution in [-0.4, -0.2) is 26.6 Å². The second-order valence-electron chi connectivity index (χ2n) is 4.82. The summed E-state index contributed by atoms with van der Waals surface area (Å²) < 4.78 is 15.5. The van der Waals surface area contributed by atoms with Crippen LogP contribution in [0.15, 0.2) is 12.1 Å². The summed E-state index contributed by atoms with van der Waals surface area (Å²) in [5.74, 6) is -1.82. The third-order valence-corrected chi connectivity index (χ3v) is 3.62. The number of aryl methyl sites for hydroxylation is 1. The average Bonchev–Trinajstić information content (AvgIpc) is 2.64. The molecule has 1 aromatic carbocycles. The zero-order chi connectivity index (χ0) is 15.9. The average molecular weight is 295 g/mol. The number of fused-ring (bicyclic) bond motifs is 1. The van der Waals surface area contributed by atoms with Gasteiger partial charge in [-0.3, -0.25) is 14.9 Å². The standard InChI is InChI=1S/C13H14FN3O4/c1-6-7(5-9(15)13(18)19)11-10(17(20)21)4-3-8(14)12(11)16(6)2/h3-4,9H,5,15H2,1-2H3,(H,18,19). The summed E-state index contributed by atoms with van der Waals surface area (Å²) in [4.78, 5) is 21.4. The van der Waals surface area contributed by atoms with Crippen molar-refractivity contribution in [2.75, 3.05) is 0 Å². The first-order chi connectivity index (χ1) is 9.75. The van der Waals surface area contributed by atoms with E-state index in [1.807, 2.05) is 0 Å². The van der Waals surface area contributed by atoms with Crippen LogP contribution in [0, 0.1) is 22.9 Å². The summed E-state index contributed by atoms with van der Waals surface area (Å²) in [5, 5.41) is 20.2. The van der Waals surface area contributed by atoms with Crippen molar-refractivity contribution in [3.63, 3.8) is 0 Å². The molecule has 21 heavy (non-hydrogen) atoms. The molecule has 0 saturated heterocycles. The SMILES string of the molecule is Cc1c(CC(N)C(=O)O)c2c([N+](=O)[O-])ccc(F)c2n1C. The third-order valence-electron chi connectivity index (χ3n) is 3.62. The number of non-ortho nitro benzene ring substituents is 1. The molecule has 0 saturated carbocycles. The highest BCUT2D eigenvalue weighted by Gasteiger charge is 2.26. The van der Waals surface area contributed by atoms with Crippen LogP contribution < -0.4 is 5.73 Å². The highest BCUT2D eigenvalue weighted by Crippen LogP contribution is 2.35. The molecule has 1 unspecified atom stereocenters. The Morgan fingerprint density at radius 2 is 2.19 bits per heavy atom. The summed E-state index contributed by atoms with van der Waals surface area (Å²) in [6.45, 7) is 1.65. The molecule has 0 aliphatic rings. The molecule has 8 heteroatoms. The number of nitro benzene ring substituents is 1. The quantitative estimate of drug-likeness (QED) is 0.655. The first-order valence-electron chi connectivity index (χ1n) is 6.14. The normalized spacial score (nSPS) is 12.6. The number of benzene rings is 1. The zero-order valence-corrected chi connectivity index (χ0v) is 11.5. The molecule has 0 radical (unpaired) electrons. The van der Waals surface area contributed by atoms with Gasteiger partial charge in [0.1, 0.15) is 11.9 Å². The Balaban J connectivity index is 2.80. The molecule has 1 aromatic heterocycles. The Kier molecular flexibility index (Phi) is 3.65. The molecule has 1 atom stereocenters. The number of carboxylic acids is 1. The Morgan fingerprint density at radius 3 is 2.71 bits per heavy atom. The predicted octanol–water partition coefficient (Wildman–Crippen LogP) is 1.49. The fourth-order valence-electron chi connectivity index (χ4n) is 2.44. The number of hydrogen-bond donors (Lipinski definition) is 2. The van der Waals surface area contributed by atoms with Crippen molar-refractivity contribution in [2.45, 2.75) is 19.4 Å². The molecular weight excluding hydrogens is 281 g/mol. The molecule has 2 aromatic rings. The molecule has 2 rings (SSSR count). The maximum absolute atomic E-state index is 14.0. The fraction of sp³-hybridized carbons (Fsp3) is 0.308.